The second-order valence-electron chi connectivity index (χ2n) is 4.91. The molecule has 5 nitrogen and oxygen atoms in total. The van der Waals surface area contributed by atoms with Gasteiger partial charge < -0.3 is 9.84 Å². The van der Waals surface area contributed by atoms with E-state index in [-0.39, 0.29) is 23.1 Å². The molecule has 20 heavy (non-hydrogen) atoms. The summed E-state index contributed by atoms with van der Waals surface area (Å²) in [6.07, 6.45) is 1.92. The van der Waals surface area contributed by atoms with Crippen LogP contribution >= 0.6 is 0 Å². The monoisotopic (exact) mass is 303 g/mol. The molecule has 0 radical (unpaired) electrons. The topological polar surface area (TPSA) is 75.6 Å². The molecule has 0 amide bonds. The summed E-state index contributed by atoms with van der Waals surface area (Å²) in [5, 5.41) is 9.66. The van der Waals surface area contributed by atoms with Crippen molar-refractivity contribution in [3.05, 3.63) is 24.0 Å². The zero-order valence-electron chi connectivity index (χ0n) is 11.2. The molecule has 0 aromatic heterocycles. The van der Waals surface area contributed by atoms with Crippen LogP contribution in [-0.2, 0) is 10.0 Å². The summed E-state index contributed by atoms with van der Waals surface area (Å²) >= 11 is 0. The summed E-state index contributed by atoms with van der Waals surface area (Å²) < 4.78 is 44.8. The first-order valence-corrected chi connectivity index (χ1v) is 7.93. The van der Waals surface area contributed by atoms with Gasteiger partial charge in [0.25, 0.3) is 0 Å². The number of hydrogen-bond donors (Lipinski definition) is 2. The second kappa shape index (κ2) is 6.07. The molecule has 1 aromatic rings. The predicted molar refractivity (Wildman–Crippen MR) is 71.5 cm³/mol. The lowest BCUT2D eigenvalue weighted by Crippen LogP contribution is -2.32. The van der Waals surface area contributed by atoms with E-state index in [1.165, 1.54) is 19.2 Å². The summed E-state index contributed by atoms with van der Waals surface area (Å²) in [6, 6.07) is 3.48. The van der Waals surface area contributed by atoms with Crippen LogP contribution in [0, 0.1) is 11.7 Å². The maximum absolute atomic E-state index is 13.5. The first-order chi connectivity index (χ1) is 9.44. The highest BCUT2D eigenvalue weighted by Gasteiger charge is 2.27. The number of hydrogen-bond acceptors (Lipinski definition) is 4. The third-order valence-corrected chi connectivity index (χ3v) is 5.01. The maximum atomic E-state index is 13.5. The number of ether oxygens (including phenoxy) is 1. The van der Waals surface area contributed by atoms with Gasteiger partial charge in [-0.25, -0.2) is 17.5 Å². The molecule has 0 saturated heterocycles. The van der Waals surface area contributed by atoms with Crippen LogP contribution in [0.1, 0.15) is 19.3 Å². The van der Waals surface area contributed by atoms with Crippen LogP contribution in [0.2, 0.25) is 0 Å². The van der Waals surface area contributed by atoms with Crippen molar-refractivity contribution in [1.82, 2.24) is 4.72 Å². The van der Waals surface area contributed by atoms with Crippen molar-refractivity contribution in [2.75, 3.05) is 13.7 Å². The lowest BCUT2D eigenvalue weighted by Gasteiger charge is -2.15. The molecule has 1 aromatic carbocycles. The first kappa shape index (κ1) is 15.2. The van der Waals surface area contributed by atoms with Gasteiger partial charge in [-0.15, -0.1) is 0 Å². The van der Waals surface area contributed by atoms with Gasteiger partial charge in [0.2, 0.25) is 10.0 Å². The highest BCUT2D eigenvalue weighted by molar-refractivity contribution is 7.89. The Balaban J connectivity index is 2.08. The van der Waals surface area contributed by atoms with Crippen LogP contribution in [-0.4, -0.2) is 33.3 Å². The van der Waals surface area contributed by atoms with Crippen molar-refractivity contribution in [3.63, 3.8) is 0 Å². The van der Waals surface area contributed by atoms with E-state index < -0.39 is 21.9 Å². The fourth-order valence-corrected chi connectivity index (χ4v) is 3.48. The Morgan fingerprint density at radius 3 is 2.75 bits per heavy atom. The standard InChI is InChI=1S/C13H18FNO4S/c1-19-13-6-5-10(7-11(13)14)20(17,18)15-8-9-3-2-4-12(9)16/h5-7,9,12,15-16H,2-4,8H2,1H3. The number of aliphatic hydroxyl groups excluding tert-OH is 1. The fraction of sp³-hybridized carbons (Fsp3) is 0.538. The highest BCUT2D eigenvalue weighted by Crippen LogP contribution is 2.25. The molecule has 7 heteroatoms. The van der Waals surface area contributed by atoms with E-state index >= 15 is 0 Å². The van der Waals surface area contributed by atoms with Gasteiger partial charge in [0, 0.05) is 6.54 Å². The molecule has 2 atom stereocenters. The molecule has 112 valence electrons. The van der Waals surface area contributed by atoms with Crippen molar-refractivity contribution in [2.24, 2.45) is 5.92 Å². The molecule has 0 heterocycles. The molecule has 0 aliphatic heterocycles. The molecule has 2 N–H and O–H groups in total. The molecule has 2 rings (SSSR count). The Morgan fingerprint density at radius 1 is 1.45 bits per heavy atom. The molecule has 1 fully saturated rings. The summed E-state index contributed by atoms with van der Waals surface area (Å²) in [6.45, 7) is 0.164. The first-order valence-electron chi connectivity index (χ1n) is 6.45. The van der Waals surface area contributed by atoms with E-state index in [9.17, 15) is 17.9 Å². The van der Waals surface area contributed by atoms with Crippen molar-refractivity contribution in [2.45, 2.75) is 30.3 Å². The normalized spacial score (nSPS) is 22.9. The number of benzene rings is 1. The van der Waals surface area contributed by atoms with Gasteiger partial charge in [-0.1, -0.05) is 6.42 Å². The van der Waals surface area contributed by atoms with Gasteiger partial charge in [0.15, 0.2) is 11.6 Å². The molecular weight excluding hydrogens is 285 g/mol. The Kier molecular flexibility index (Phi) is 4.62. The van der Waals surface area contributed by atoms with Crippen LogP contribution in [0.3, 0.4) is 0 Å². The quantitative estimate of drug-likeness (QED) is 0.859. The van der Waals surface area contributed by atoms with Gasteiger partial charge in [0.1, 0.15) is 0 Å². The van der Waals surface area contributed by atoms with Crippen molar-refractivity contribution >= 4 is 10.0 Å². The van der Waals surface area contributed by atoms with E-state index in [2.05, 4.69) is 4.72 Å². The molecule has 1 saturated carbocycles. The van der Waals surface area contributed by atoms with Crippen LogP contribution in [0.25, 0.3) is 0 Å². The van der Waals surface area contributed by atoms with Gasteiger partial charge >= 0.3 is 0 Å². The van der Waals surface area contributed by atoms with Crippen LogP contribution in [0.4, 0.5) is 4.39 Å². The Bertz CT molecular complexity index is 576. The minimum atomic E-state index is -3.78. The van der Waals surface area contributed by atoms with Gasteiger partial charge in [-0.3, -0.25) is 0 Å². The zero-order valence-corrected chi connectivity index (χ0v) is 12.0. The average Bonchev–Trinajstić information content (AvgIpc) is 2.82. The smallest absolute Gasteiger partial charge is 0.240 e. The van der Waals surface area contributed by atoms with Gasteiger partial charge in [-0.2, -0.15) is 0 Å². The summed E-state index contributed by atoms with van der Waals surface area (Å²) in [5.41, 5.74) is 0. The number of rotatable bonds is 5. The van der Waals surface area contributed by atoms with E-state index in [4.69, 9.17) is 4.74 Å². The van der Waals surface area contributed by atoms with E-state index in [0.717, 1.165) is 18.9 Å². The summed E-state index contributed by atoms with van der Waals surface area (Å²) in [7, 11) is -2.46. The molecule has 0 bridgehead atoms. The van der Waals surface area contributed by atoms with Crippen molar-refractivity contribution in [1.29, 1.82) is 0 Å². The van der Waals surface area contributed by atoms with E-state index in [1.807, 2.05) is 0 Å². The lowest BCUT2D eigenvalue weighted by atomic mass is 10.1. The molecule has 1 aliphatic carbocycles. The minimum Gasteiger partial charge on any atom is -0.494 e. The van der Waals surface area contributed by atoms with Crippen LogP contribution in [0.5, 0.6) is 5.75 Å². The minimum absolute atomic E-state index is 0.00448. The van der Waals surface area contributed by atoms with Crippen molar-refractivity contribution in [3.8, 4) is 5.75 Å². The number of methoxy groups -OCH3 is 1. The summed E-state index contributed by atoms with van der Waals surface area (Å²) in [4.78, 5) is -0.150. The average molecular weight is 303 g/mol. The third kappa shape index (κ3) is 3.28. The van der Waals surface area contributed by atoms with Crippen LogP contribution < -0.4 is 9.46 Å². The van der Waals surface area contributed by atoms with Gasteiger partial charge in [-0.05, 0) is 37.0 Å². The Labute approximate surface area is 117 Å². The fourth-order valence-electron chi connectivity index (χ4n) is 2.37. The Morgan fingerprint density at radius 2 is 2.20 bits per heavy atom. The molecule has 0 spiro atoms. The predicted octanol–water partition coefficient (Wildman–Crippen LogP) is 1.27. The molecular formula is C13H18FNO4S. The zero-order chi connectivity index (χ0) is 14.8. The number of nitrogens with one attached hydrogen (secondary N) is 1. The molecule has 1 aliphatic rings. The third-order valence-electron chi connectivity index (χ3n) is 3.59. The second-order valence-corrected chi connectivity index (χ2v) is 6.67. The van der Waals surface area contributed by atoms with Crippen molar-refractivity contribution < 1.29 is 22.7 Å². The summed E-state index contributed by atoms with van der Waals surface area (Å²) in [5.74, 6) is -0.806. The van der Waals surface area contributed by atoms with Crippen LogP contribution in [0.15, 0.2) is 23.1 Å². The SMILES string of the molecule is COc1ccc(S(=O)(=O)NCC2CCCC2O)cc1F. The maximum Gasteiger partial charge on any atom is 0.240 e. The highest BCUT2D eigenvalue weighted by atomic mass is 32.2. The molecule has 2 unspecified atom stereocenters. The number of aliphatic hydroxyl groups is 1. The van der Waals surface area contributed by atoms with Gasteiger partial charge in [0.05, 0.1) is 18.1 Å². The largest absolute Gasteiger partial charge is 0.494 e. The lowest BCUT2D eigenvalue weighted by molar-refractivity contribution is 0.134. The van der Waals surface area contributed by atoms with E-state index in [0.29, 0.717) is 6.42 Å². The number of sulfonamides is 1. The Hall–Kier alpha value is -1.18. The number of halogens is 1. The van der Waals surface area contributed by atoms with E-state index in [1.54, 1.807) is 0 Å².